The number of nitrogens with two attached hydrogens (primary N) is 1. The summed E-state index contributed by atoms with van der Waals surface area (Å²) in [5, 5.41) is 18.3. The molecule has 4 N–H and O–H groups in total. The maximum atomic E-state index is 15.1. The summed E-state index contributed by atoms with van der Waals surface area (Å²) in [6, 6.07) is 7.65. The number of anilines is 2. The Morgan fingerprint density at radius 2 is 1.87 bits per heavy atom. The highest BCUT2D eigenvalue weighted by atomic mass is 19.1. The maximum Gasteiger partial charge on any atom is 0.229 e. The van der Waals surface area contributed by atoms with Gasteiger partial charge in [0.2, 0.25) is 5.95 Å². The highest BCUT2D eigenvalue weighted by molar-refractivity contribution is 5.66. The Labute approximate surface area is 218 Å². The Hall–Kier alpha value is -3.47. The number of nitrogens with one attached hydrogen (secondary N) is 1. The van der Waals surface area contributed by atoms with Crippen LogP contribution in [0.5, 0.6) is 0 Å². The summed E-state index contributed by atoms with van der Waals surface area (Å²) in [6.07, 6.45) is 7.06. The van der Waals surface area contributed by atoms with E-state index >= 15 is 8.78 Å². The minimum atomic E-state index is -1.38. The van der Waals surface area contributed by atoms with Crippen LogP contribution < -0.4 is 11.1 Å². The van der Waals surface area contributed by atoms with E-state index in [2.05, 4.69) is 34.2 Å². The zero-order valence-electron chi connectivity index (χ0n) is 21.2. The van der Waals surface area contributed by atoms with Gasteiger partial charge in [0.15, 0.2) is 0 Å². The third-order valence-electron chi connectivity index (χ3n) is 8.23. The largest absolute Gasteiger partial charge is 0.380 e. The van der Waals surface area contributed by atoms with Gasteiger partial charge in [-0.2, -0.15) is 9.61 Å². The summed E-state index contributed by atoms with van der Waals surface area (Å²) in [7, 11) is 0. The van der Waals surface area contributed by atoms with Crippen molar-refractivity contribution in [3.8, 4) is 11.3 Å². The Bertz CT molecular complexity index is 1470. The molecule has 0 bridgehead atoms. The summed E-state index contributed by atoms with van der Waals surface area (Å²) < 4.78 is 36.8. The molecule has 2 aliphatic rings. The molecule has 1 saturated heterocycles. The first-order valence-electron chi connectivity index (χ1n) is 12.8. The number of rotatable bonds is 5. The normalized spacial score (nSPS) is 24.8. The van der Waals surface area contributed by atoms with Crippen LogP contribution in [-0.4, -0.2) is 43.9 Å². The summed E-state index contributed by atoms with van der Waals surface area (Å²) in [5.74, 6) is 0.00447. The number of aliphatic hydroxyl groups is 1. The molecular weight excluding hydrogens is 490 g/mol. The molecule has 198 valence electrons. The standard InChI is InChI=1S/C28H30F2N6O2/c1-15-7-17(8-23(31)16(15)2)20-5-6-32-12-25(20)34-27-33-11-19-3-4-24(35-36(19)27)26-21(29)9-18(10-22(26)30)28(37)13-38-14-28/h3-6,9-12,15-17,23,37H,7-8,13-14,31H2,1-2H3,(H,33,34). The van der Waals surface area contributed by atoms with E-state index in [-0.39, 0.29) is 42.0 Å². The summed E-state index contributed by atoms with van der Waals surface area (Å²) in [5.41, 5.74) is 7.60. The molecule has 0 amide bonds. The first-order chi connectivity index (χ1) is 18.2. The molecule has 4 heterocycles. The van der Waals surface area contributed by atoms with Crippen molar-refractivity contribution >= 4 is 17.2 Å². The molecule has 38 heavy (non-hydrogen) atoms. The number of fused-ring (bicyclic) bond motifs is 1. The monoisotopic (exact) mass is 520 g/mol. The molecule has 1 aromatic carbocycles. The number of nitrogens with zero attached hydrogens (tertiary/aromatic N) is 4. The molecule has 1 aliphatic heterocycles. The summed E-state index contributed by atoms with van der Waals surface area (Å²) >= 11 is 0. The van der Waals surface area contributed by atoms with Crippen molar-refractivity contribution in [2.75, 3.05) is 18.5 Å². The van der Waals surface area contributed by atoms with Crippen molar-refractivity contribution in [3.63, 3.8) is 0 Å². The Morgan fingerprint density at radius 3 is 2.55 bits per heavy atom. The van der Waals surface area contributed by atoms with Crippen LogP contribution in [0.25, 0.3) is 16.8 Å². The van der Waals surface area contributed by atoms with E-state index in [0.717, 1.165) is 36.2 Å². The molecule has 0 radical (unpaired) electrons. The molecule has 1 aliphatic carbocycles. The van der Waals surface area contributed by atoms with Crippen LogP contribution in [0.1, 0.15) is 43.7 Å². The van der Waals surface area contributed by atoms with Crippen LogP contribution in [0, 0.1) is 23.5 Å². The lowest BCUT2D eigenvalue weighted by Gasteiger charge is -2.37. The molecule has 0 spiro atoms. The molecule has 4 aromatic rings. The summed E-state index contributed by atoms with van der Waals surface area (Å²) in [6.45, 7) is 4.45. The maximum absolute atomic E-state index is 15.1. The fraction of sp³-hybridized carbons (Fsp3) is 0.393. The van der Waals surface area contributed by atoms with Gasteiger partial charge in [0, 0.05) is 12.2 Å². The predicted octanol–water partition coefficient (Wildman–Crippen LogP) is 4.51. The SMILES string of the molecule is CC1CC(c2ccncc2Nc2ncc3ccc(-c4c(F)cc(C5(O)COC5)cc4F)nn23)CC(N)C1C. The number of benzene rings is 1. The number of imidazole rings is 1. The third kappa shape index (κ3) is 4.22. The molecule has 3 aromatic heterocycles. The predicted molar refractivity (Wildman–Crippen MR) is 139 cm³/mol. The second kappa shape index (κ2) is 9.37. The third-order valence-corrected chi connectivity index (χ3v) is 8.23. The Balaban J connectivity index is 1.34. The van der Waals surface area contributed by atoms with E-state index in [1.165, 1.54) is 4.52 Å². The van der Waals surface area contributed by atoms with E-state index in [1.54, 1.807) is 30.7 Å². The molecule has 6 rings (SSSR count). The number of halogens is 2. The number of pyridine rings is 1. The van der Waals surface area contributed by atoms with Crippen molar-refractivity contribution in [2.24, 2.45) is 17.6 Å². The number of hydrogen-bond acceptors (Lipinski definition) is 7. The van der Waals surface area contributed by atoms with Gasteiger partial charge in [-0.25, -0.2) is 13.8 Å². The van der Waals surface area contributed by atoms with Gasteiger partial charge in [-0.3, -0.25) is 4.98 Å². The number of ether oxygens (including phenoxy) is 1. The fourth-order valence-corrected chi connectivity index (χ4v) is 5.62. The second-order valence-electron chi connectivity index (χ2n) is 10.7. The van der Waals surface area contributed by atoms with Gasteiger partial charge in [-0.05, 0) is 72.1 Å². The van der Waals surface area contributed by atoms with Gasteiger partial charge in [0.05, 0.1) is 48.1 Å². The van der Waals surface area contributed by atoms with E-state index in [0.29, 0.717) is 23.3 Å². The van der Waals surface area contributed by atoms with Gasteiger partial charge in [-0.15, -0.1) is 0 Å². The van der Waals surface area contributed by atoms with Crippen LogP contribution in [0.15, 0.2) is 48.9 Å². The molecule has 10 heteroatoms. The summed E-state index contributed by atoms with van der Waals surface area (Å²) in [4.78, 5) is 8.77. The molecule has 4 unspecified atom stereocenters. The lowest BCUT2D eigenvalue weighted by molar-refractivity contribution is -0.184. The van der Waals surface area contributed by atoms with Crippen molar-refractivity contribution in [1.29, 1.82) is 0 Å². The van der Waals surface area contributed by atoms with Gasteiger partial charge in [-0.1, -0.05) is 13.8 Å². The van der Waals surface area contributed by atoms with Gasteiger partial charge in [0.25, 0.3) is 0 Å². The van der Waals surface area contributed by atoms with Crippen LogP contribution in [0.2, 0.25) is 0 Å². The quantitative estimate of drug-likeness (QED) is 0.355. The van der Waals surface area contributed by atoms with Crippen molar-refractivity contribution in [2.45, 2.75) is 44.2 Å². The highest BCUT2D eigenvalue weighted by Gasteiger charge is 2.39. The molecule has 2 fully saturated rings. The topological polar surface area (TPSA) is 111 Å². The fourth-order valence-electron chi connectivity index (χ4n) is 5.62. The van der Waals surface area contributed by atoms with Crippen molar-refractivity contribution in [3.05, 3.63) is 71.7 Å². The second-order valence-corrected chi connectivity index (χ2v) is 10.7. The lowest BCUT2D eigenvalue weighted by atomic mass is 9.71. The van der Waals surface area contributed by atoms with Gasteiger partial charge < -0.3 is 20.9 Å². The molecule has 8 nitrogen and oxygen atoms in total. The Kier molecular flexibility index (Phi) is 6.13. The van der Waals surface area contributed by atoms with Crippen LogP contribution in [-0.2, 0) is 10.3 Å². The average Bonchev–Trinajstić information content (AvgIpc) is 3.27. The smallest absolute Gasteiger partial charge is 0.229 e. The Morgan fingerprint density at radius 1 is 1.11 bits per heavy atom. The van der Waals surface area contributed by atoms with Gasteiger partial charge in [0.1, 0.15) is 17.2 Å². The van der Waals surface area contributed by atoms with Crippen LogP contribution in [0.4, 0.5) is 20.4 Å². The van der Waals surface area contributed by atoms with Crippen LogP contribution >= 0.6 is 0 Å². The van der Waals surface area contributed by atoms with Crippen LogP contribution in [0.3, 0.4) is 0 Å². The molecular formula is C28H30F2N6O2. The average molecular weight is 521 g/mol. The van der Waals surface area contributed by atoms with Crippen molar-refractivity contribution in [1.82, 2.24) is 19.6 Å². The van der Waals surface area contributed by atoms with E-state index in [4.69, 9.17) is 10.5 Å². The molecule has 4 atom stereocenters. The highest BCUT2D eigenvalue weighted by Crippen LogP contribution is 2.41. The number of aromatic nitrogens is 4. The van der Waals surface area contributed by atoms with E-state index in [1.807, 2.05) is 6.07 Å². The van der Waals surface area contributed by atoms with Gasteiger partial charge >= 0.3 is 0 Å². The minimum absolute atomic E-state index is 0.000560. The minimum Gasteiger partial charge on any atom is -0.380 e. The van der Waals surface area contributed by atoms with E-state index < -0.39 is 17.2 Å². The zero-order chi connectivity index (χ0) is 26.6. The first kappa shape index (κ1) is 24.8. The zero-order valence-corrected chi connectivity index (χ0v) is 21.2. The lowest BCUT2D eigenvalue weighted by Crippen LogP contribution is -2.46. The van der Waals surface area contributed by atoms with Crippen molar-refractivity contribution < 1.29 is 18.6 Å². The molecule has 1 saturated carbocycles. The number of hydrogen-bond donors (Lipinski definition) is 3. The first-order valence-corrected chi connectivity index (χ1v) is 12.8. The van der Waals surface area contributed by atoms with E-state index in [9.17, 15) is 5.11 Å².